The van der Waals surface area contributed by atoms with Gasteiger partial charge in [-0.1, -0.05) is 0 Å². The van der Waals surface area contributed by atoms with Crippen molar-refractivity contribution in [2.75, 3.05) is 24.2 Å². The fourth-order valence-electron chi connectivity index (χ4n) is 3.67. The highest BCUT2D eigenvalue weighted by Gasteiger charge is 2.33. The summed E-state index contributed by atoms with van der Waals surface area (Å²) in [7, 11) is 0. The van der Waals surface area contributed by atoms with Crippen LogP contribution in [0.4, 0.5) is 5.82 Å². The minimum Gasteiger partial charge on any atom is -0.391 e. The van der Waals surface area contributed by atoms with Crippen LogP contribution in [0, 0.1) is 0 Å². The van der Waals surface area contributed by atoms with E-state index in [4.69, 9.17) is 0 Å². The first kappa shape index (κ1) is 18.2. The smallest absolute Gasteiger partial charge is 0.254 e. The summed E-state index contributed by atoms with van der Waals surface area (Å²) >= 11 is 1.48. The Bertz CT molecular complexity index is 827. The highest BCUT2D eigenvalue weighted by Crippen LogP contribution is 2.37. The molecule has 0 radical (unpaired) electrons. The van der Waals surface area contributed by atoms with Crippen molar-refractivity contribution in [1.82, 2.24) is 20.3 Å². The van der Waals surface area contributed by atoms with E-state index in [0.29, 0.717) is 18.0 Å². The topological polar surface area (TPSA) is 91.2 Å². The first-order valence-electron chi connectivity index (χ1n) is 9.19. The summed E-state index contributed by atoms with van der Waals surface area (Å²) in [5, 5.41) is 13.6. The average molecular weight is 385 g/mol. The fourth-order valence-corrected chi connectivity index (χ4v) is 4.22. The lowest BCUT2D eigenvalue weighted by Crippen LogP contribution is -2.43. The van der Waals surface area contributed by atoms with Crippen molar-refractivity contribution >= 4 is 23.5 Å². The molecule has 2 fully saturated rings. The number of amides is 1. The molecule has 1 atom stereocenters. The van der Waals surface area contributed by atoms with E-state index in [-0.39, 0.29) is 18.1 Å². The van der Waals surface area contributed by atoms with Gasteiger partial charge in [0.05, 0.1) is 11.7 Å². The van der Waals surface area contributed by atoms with E-state index in [1.807, 2.05) is 18.4 Å². The molecule has 1 aliphatic heterocycles. The Morgan fingerprint density at radius 3 is 2.93 bits per heavy atom. The molecule has 142 valence electrons. The molecule has 2 aromatic rings. The summed E-state index contributed by atoms with van der Waals surface area (Å²) in [6.07, 6.45) is 7.48. The number of anilines is 1. The van der Waals surface area contributed by atoms with E-state index < -0.39 is 0 Å². The van der Waals surface area contributed by atoms with E-state index in [1.165, 1.54) is 11.8 Å². The van der Waals surface area contributed by atoms with Crippen LogP contribution in [0.2, 0.25) is 0 Å². The lowest BCUT2D eigenvalue weighted by molar-refractivity contribution is 0.0904. The summed E-state index contributed by atoms with van der Waals surface area (Å²) in [5.74, 6) is 1.15. The molecule has 1 saturated heterocycles. The summed E-state index contributed by atoms with van der Waals surface area (Å²) in [6, 6.07) is 5.78. The van der Waals surface area contributed by atoms with Crippen molar-refractivity contribution in [2.24, 2.45) is 0 Å². The van der Waals surface area contributed by atoms with Crippen LogP contribution in [-0.4, -0.2) is 57.5 Å². The molecule has 2 aliphatic rings. The van der Waals surface area contributed by atoms with Gasteiger partial charge in [-0.05, 0) is 37.7 Å². The second-order valence-electron chi connectivity index (χ2n) is 7.09. The zero-order valence-corrected chi connectivity index (χ0v) is 16.0. The summed E-state index contributed by atoms with van der Waals surface area (Å²) in [4.78, 5) is 27.6. The van der Waals surface area contributed by atoms with Crippen molar-refractivity contribution in [3.63, 3.8) is 0 Å². The number of carbonyl (C=O) groups excluding carboxylic acids is 1. The number of pyridine rings is 1. The van der Waals surface area contributed by atoms with Crippen LogP contribution in [-0.2, 0) is 0 Å². The molecule has 0 aromatic carbocycles. The summed E-state index contributed by atoms with van der Waals surface area (Å²) in [6.45, 7) is 1.45. The van der Waals surface area contributed by atoms with Crippen molar-refractivity contribution in [3.8, 4) is 0 Å². The van der Waals surface area contributed by atoms with Crippen LogP contribution < -0.4 is 10.2 Å². The molecule has 2 N–H and O–H groups in total. The number of aliphatic hydroxyl groups excluding tert-OH is 1. The lowest BCUT2D eigenvalue weighted by atomic mass is 9.78. The van der Waals surface area contributed by atoms with Crippen molar-refractivity contribution in [2.45, 2.75) is 42.4 Å². The van der Waals surface area contributed by atoms with Crippen LogP contribution >= 0.6 is 11.8 Å². The Kier molecular flexibility index (Phi) is 5.27. The van der Waals surface area contributed by atoms with Crippen LogP contribution in [0.25, 0.3) is 0 Å². The standard InChI is InChI=1S/C19H23N5O2S/c1-27-19-15(3-2-5-20-19)18(26)23-13-7-12(8-13)16-9-17(22-11-21-16)24-6-4-14(25)10-24/h2-3,5,9,11-14,25H,4,6-8,10H2,1H3,(H,23,26)/t12?,13?,14-/m0/s1. The highest BCUT2D eigenvalue weighted by molar-refractivity contribution is 7.98. The van der Waals surface area contributed by atoms with Gasteiger partial charge >= 0.3 is 0 Å². The number of carbonyl (C=O) groups is 1. The Balaban J connectivity index is 1.35. The maximum atomic E-state index is 12.5. The summed E-state index contributed by atoms with van der Waals surface area (Å²) in [5.41, 5.74) is 1.64. The second kappa shape index (κ2) is 7.82. The number of thioether (sulfide) groups is 1. The monoisotopic (exact) mass is 385 g/mol. The number of hydrogen-bond acceptors (Lipinski definition) is 7. The average Bonchev–Trinajstić information content (AvgIpc) is 3.10. The highest BCUT2D eigenvalue weighted by atomic mass is 32.2. The van der Waals surface area contributed by atoms with E-state index >= 15 is 0 Å². The molecule has 7 nitrogen and oxygen atoms in total. The van der Waals surface area contributed by atoms with Gasteiger partial charge in [-0.2, -0.15) is 0 Å². The Morgan fingerprint density at radius 2 is 2.19 bits per heavy atom. The number of nitrogens with one attached hydrogen (secondary N) is 1. The third-order valence-corrected chi connectivity index (χ3v) is 5.97. The number of hydrogen-bond donors (Lipinski definition) is 2. The van der Waals surface area contributed by atoms with Crippen LogP contribution in [0.5, 0.6) is 0 Å². The van der Waals surface area contributed by atoms with Crippen LogP contribution in [0.15, 0.2) is 35.7 Å². The van der Waals surface area contributed by atoms with Crippen molar-refractivity contribution in [3.05, 3.63) is 42.0 Å². The van der Waals surface area contributed by atoms with Gasteiger partial charge < -0.3 is 15.3 Å². The minimum atomic E-state index is -0.273. The number of β-amino-alcohol motifs (C(OH)–C–C–N with tert-alkyl or cyclic N) is 1. The van der Waals surface area contributed by atoms with Gasteiger partial charge in [0.1, 0.15) is 17.2 Å². The SMILES string of the molecule is CSc1ncccc1C(=O)NC1CC(c2cc(N3CC[C@H](O)C3)ncn2)C1. The zero-order valence-electron chi connectivity index (χ0n) is 15.2. The molecule has 27 heavy (non-hydrogen) atoms. The first-order valence-corrected chi connectivity index (χ1v) is 10.4. The minimum absolute atomic E-state index is 0.0645. The van der Waals surface area contributed by atoms with E-state index in [2.05, 4.69) is 25.2 Å². The molecule has 0 bridgehead atoms. The normalized spacial score (nSPS) is 24.5. The molecule has 2 aromatic heterocycles. The van der Waals surface area contributed by atoms with E-state index in [1.54, 1.807) is 18.6 Å². The zero-order chi connectivity index (χ0) is 18.8. The molecular weight excluding hydrogens is 362 g/mol. The van der Waals surface area contributed by atoms with E-state index in [9.17, 15) is 9.90 Å². The predicted molar refractivity (Wildman–Crippen MR) is 104 cm³/mol. The van der Waals surface area contributed by atoms with Gasteiger partial charge in [-0.25, -0.2) is 15.0 Å². The molecule has 3 heterocycles. The quantitative estimate of drug-likeness (QED) is 0.759. The maximum Gasteiger partial charge on any atom is 0.254 e. The molecule has 0 unspecified atom stereocenters. The molecular formula is C19H23N5O2S. The Labute approximate surface area is 162 Å². The molecule has 8 heteroatoms. The van der Waals surface area contributed by atoms with Crippen LogP contribution in [0.1, 0.15) is 41.2 Å². The molecule has 1 aliphatic carbocycles. The fraction of sp³-hybridized carbons (Fsp3) is 0.474. The third-order valence-electron chi connectivity index (χ3n) is 5.26. The third kappa shape index (κ3) is 3.91. The second-order valence-corrected chi connectivity index (χ2v) is 7.88. The van der Waals surface area contributed by atoms with Gasteiger partial charge in [-0.3, -0.25) is 4.79 Å². The Hall–Kier alpha value is -2.19. The first-order chi connectivity index (χ1) is 13.1. The van der Waals surface area contributed by atoms with Gasteiger partial charge in [0.2, 0.25) is 0 Å². The van der Waals surface area contributed by atoms with Gasteiger partial charge in [0.25, 0.3) is 5.91 Å². The number of aromatic nitrogens is 3. The Morgan fingerprint density at radius 1 is 1.33 bits per heavy atom. The van der Waals surface area contributed by atoms with Gasteiger partial charge in [-0.15, -0.1) is 11.8 Å². The molecule has 1 saturated carbocycles. The molecule has 1 amide bonds. The molecule has 0 spiro atoms. The van der Waals surface area contributed by atoms with Crippen molar-refractivity contribution in [1.29, 1.82) is 0 Å². The number of aliphatic hydroxyl groups is 1. The lowest BCUT2D eigenvalue weighted by Gasteiger charge is -2.35. The maximum absolute atomic E-state index is 12.5. The van der Waals surface area contributed by atoms with Crippen molar-refractivity contribution < 1.29 is 9.90 Å². The number of nitrogens with zero attached hydrogens (tertiary/aromatic N) is 4. The predicted octanol–water partition coefficient (Wildman–Crippen LogP) is 1.84. The van der Waals surface area contributed by atoms with Gasteiger partial charge in [0.15, 0.2) is 0 Å². The summed E-state index contributed by atoms with van der Waals surface area (Å²) < 4.78 is 0. The number of rotatable bonds is 5. The molecule has 4 rings (SSSR count). The van der Waals surface area contributed by atoms with Crippen LogP contribution in [0.3, 0.4) is 0 Å². The van der Waals surface area contributed by atoms with E-state index in [0.717, 1.165) is 42.3 Å². The largest absolute Gasteiger partial charge is 0.391 e. The van der Waals surface area contributed by atoms with Gasteiger partial charge in [0, 0.05) is 43.0 Å².